The summed E-state index contributed by atoms with van der Waals surface area (Å²) in [4.78, 5) is 0.463. The SMILES string of the molecule is CCCNCc1ccccc1S(=O)(=O)N1CCC(CC)C1. The van der Waals surface area contributed by atoms with E-state index in [0.717, 1.165) is 31.4 Å². The van der Waals surface area contributed by atoms with Gasteiger partial charge in [-0.15, -0.1) is 0 Å². The largest absolute Gasteiger partial charge is 0.313 e. The molecule has 0 saturated carbocycles. The molecule has 1 heterocycles. The summed E-state index contributed by atoms with van der Waals surface area (Å²) in [6.45, 7) is 7.05. The lowest BCUT2D eigenvalue weighted by molar-refractivity contribution is 0.452. The van der Waals surface area contributed by atoms with E-state index >= 15 is 0 Å². The Labute approximate surface area is 128 Å². The van der Waals surface area contributed by atoms with Crippen LogP contribution in [-0.4, -0.2) is 32.4 Å². The van der Waals surface area contributed by atoms with Crippen LogP contribution in [0.2, 0.25) is 0 Å². The lowest BCUT2D eigenvalue weighted by atomic mass is 10.1. The molecule has 1 unspecified atom stereocenters. The molecule has 21 heavy (non-hydrogen) atoms. The summed E-state index contributed by atoms with van der Waals surface area (Å²) >= 11 is 0. The van der Waals surface area contributed by atoms with E-state index < -0.39 is 10.0 Å². The summed E-state index contributed by atoms with van der Waals surface area (Å²) in [7, 11) is -3.36. The minimum atomic E-state index is -3.36. The van der Waals surface area contributed by atoms with Gasteiger partial charge in [0.15, 0.2) is 0 Å². The van der Waals surface area contributed by atoms with E-state index in [2.05, 4.69) is 19.2 Å². The normalized spacial score (nSPS) is 20.0. The summed E-state index contributed by atoms with van der Waals surface area (Å²) in [5, 5.41) is 3.29. The van der Waals surface area contributed by atoms with E-state index in [-0.39, 0.29) is 0 Å². The van der Waals surface area contributed by atoms with Gasteiger partial charge in [0.25, 0.3) is 0 Å². The second-order valence-corrected chi connectivity index (χ2v) is 7.62. The van der Waals surface area contributed by atoms with Crippen LogP contribution in [0.25, 0.3) is 0 Å². The van der Waals surface area contributed by atoms with Crippen molar-refractivity contribution < 1.29 is 8.42 Å². The van der Waals surface area contributed by atoms with E-state index in [9.17, 15) is 8.42 Å². The van der Waals surface area contributed by atoms with Crippen molar-refractivity contribution in [3.8, 4) is 0 Å². The van der Waals surface area contributed by atoms with Crippen LogP contribution in [0.5, 0.6) is 0 Å². The van der Waals surface area contributed by atoms with E-state index in [0.29, 0.717) is 30.4 Å². The van der Waals surface area contributed by atoms with Crippen molar-refractivity contribution >= 4 is 10.0 Å². The van der Waals surface area contributed by atoms with Crippen LogP contribution in [0.15, 0.2) is 29.2 Å². The van der Waals surface area contributed by atoms with E-state index in [1.54, 1.807) is 10.4 Å². The Morgan fingerprint density at radius 1 is 1.29 bits per heavy atom. The zero-order valence-electron chi connectivity index (χ0n) is 13.0. The molecule has 1 N–H and O–H groups in total. The highest BCUT2D eigenvalue weighted by atomic mass is 32.2. The highest BCUT2D eigenvalue weighted by Gasteiger charge is 2.32. The van der Waals surface area contributed by atoms with E-state index in [1.807, 2.05) is 18.2 Å². The van der Waals surface area contributed by atoms with Gasteiger partial charge in [-0.3, -0.25) is 0 Å². The number of sulfonamides is 1. The number of hydrogen-bond donors (Lipinski definition) is 1. The third-order valence-corrected chi connectivity index (χ3v) is 6.12. The standard InChI is InChI=1S/C16H26N2O2S/c1-3-10-17-12-15-7-5-6-8-16(15)21(19,20)18-11-9-14(4-2)13-18/h5-8,14,17H,3-4,9-13H2,1-2H3. The molecule has 0 aliphatic carbocycles. The molecule has 0 spiro atoms. The Bertz CT molecular complexity index is 557. The second-order valence-electron chi connectivity index (χ2n) is 5.71. The number of rotatable bonds is 7. The molecule has 1 saturated heterocycles. The van der Waals surface area contributed by atoms with Gasteiger partial charge in [-0.1, -0.05) is 38.5 Å². The molecule has 1 fully saturated rings. The van der Waals surface area contributed by atoms with Crippen molar-refractivity contribution in [3.63, 3.8) is 0 Å². The predicted molar refractivity (Wildman–Crippen MR) is 85.6 cm³/mol. The summed E-state index contributed by atoms with van der Waals surface area (Å²) in [5.41, 5.74) is 0.867. The van der Waals surface area contributed by atoms with Gasteiger partial charge in [-0.2, -0.15) is 4.31 Å². The molecular formula is C16H26N2O2S. The fourth-order valence-corrected chi connectivity index (χ4v) is 4.54. The van der Waals surface area contributed by atoms with Crippen LogP contribution >= 0.6 is 0 Å². The molecular weight excluding hydrogens is 284 g/mol. The van der Waals surface area contributed by atoms with Crippen molar-refractivity contribution in [1.29, 1.82) is 0 Å². The Kier molecular flexibility index (Phi) is 5.79. The van der Waals surface area contributed by atoms with Gasteiger partial charge in [0.1, 0.15) is 0 Å². The van der Waals surface area contributed by atoms with E-state index in [4.69, 9.17) is 0 Å². The van der Waals surface area contributed by atoms with Gasteiger partial charge in [-0.05, 0) is 36.9 Å². The molecule has 1 atom stereocenters. The van der Waals surface area contributed by atoms with Gasteiger partial charge in [0, 0.05) is 19.6 Å². The Morgan fingerprint density at radius 3 is 2.71 bits per heavy atom. The molecule has 0 aromatic heterocycles. The van der Waals surface area contributed by atoms with Crippen LogP contribution in [-0.2, 0) is 16.6 Å². The van der Waals surface area contributed by atoms with Crippen LogP contribution < -0.4 is 5.32 Å². The first-order valence-corrected chi connectivity index (χ1v) is 9.32. The molecule has 0 bridgehead atoms. The van der Waals surface area contributed by atoms with Crippen LogP contribution in [0.4, 0.5) is 0 Å². The van der Waals surface area contributed by atoms with Crippen LogP contribution in [0.3, 0.4) is 0 Å². The van der Waals surface area contributed by atoms with Gasteiger partial charge >= 0.3 is 0 Å². The quantitative estimate of drug-likeness (QED) is 0.788. The van der Waals surface area contributed by atoms with Crippen LogP contribution in [0.1, 0.15) is 38.7 Å². The van der Waals surface area contributed by atoms with Gasteiger partial charge in [0.05, 0.1) is 4.90 Å². The Balaban J connectivity index is 2.20. The van der Waals surface area contributed by atoms with Crippen LogP contribution in [0, 0.1) is 5.92 Å². The van der Waals surface area contributed by atoms with E-state index in [1.165, 1.54) is 0 Å². The zero-order valence-corrected chi connectivity index (χ0v) is 13.8. The summed E-state index contributed by atoms with van der Waals surface area (Å²) in [6, 6.07) is 7.35. The highest BCUT2D eigenvalue weighted by Crippen LogP contribution is 2.27. The number of benzene rings is 1. The van der Waals surface area contributed by atoms with Crippen molar-refractivity contribution in [2.75, 3.05) is 19.6 Å². The minimum Gasteiger partial charge on any atom is -0.313 e. The maximum atomic E-state index is 12.8. The van der Waals surface area contributed by atoms with Crippen molar-refractivity contribution in [3.05, 3.63) is 29.8 Å². The predicted octanol–water partition coefficient (Wildman–Crippen LogP) is 2.61. The Hall–Kier alpha value is -0.910. The average Bonchev–Trinajstić information content (AvgIpc) is 2.98. The fourth-order valence-electron chi connectivity index (χ4n) is 2.79. The maximum absolute atomic E-state index is 12.8. The van der Waals surface area contributed by atoms with Crippen molar-refractivity contribution in [1.82, 2.24) is 9.62 Å². The molecule has 0 amide bonds. The molecule has 1 aliphatic heterocycles. The minimum absolute atomic E-state index is 0.463. The molecule has 118 valence electrons. The van der Waals surface area contributed by atoms with Gasteiger partial charge < -0.3 is 5.32 Å². The third-order valence-electron chi connectivity index (χ3n) is 4.16. The molecule has 1 aromatic rings. The molecule has 0 radical (unpaired) electrons. The fraction of sp³-hybridized carbons (Fsp3) is 0.625. The first-order valence-electron chi connectivity index (χ1n) is 7.88. The third kappa shape index (κ3) is 3.84. The smallest absolute Gasteiger partial charge is 0.243 e. The number of hydrogen-bond acceptors (Lipinski definition) is 3. The monoisotopic (exact) mass is 310 g/mol. The van der Waals surface area contributed by atoms with Crippen molar-refractivity contribution in [2.24, 2.45) is 5.92 Å². The Morgan fingerprint density at radius 2 is 2.05 bits per heavy atom. The average molecular weight is 310 g/mol. The number of nitrogens with one attached hydrogen (secondary N) is 1. The van der Waals surface area contributed by atoms with Gasteiger partial charge in [-0.25, -0.2) is 8.42 Å². The first kappa shape index (κ1) is 16.5. The molecule has 1 aromatic carbocycles. The van der Waals surface area contributed by atoms with Gasteiger partial charge in [0.2, 0.25) is 10.0 Å². The van der Waals surface area contributed by atoms with Crippen molar-refractivity contribution in [2.45, 2.75) is 44.6 Å². The number of nitrogens with zero attached hydrogens (tertiary/aromatic N) is 1. The molecule has 5 heteroatoms. The first-order chi connectivity index (χ1) is 10.1. The maximum Gasteiger partial charge on any atom is 0.243 e. The topological polar surface area (TPSA) is 49.4 Å². The lowest BCUT2D eigenvalue weighted by Gasteiger charge is -2.19. The molecule has 4 nitrogen and oxygen atoms in total. The summed E-state index contributed by atoms with van der Waals surface area (Å²) < 4.78 is 27.3. The lowest BCUT2D eigenvalue weighted by Crippen LogP contribution is -2.30. The zero-order chi connectivity index (χ0) is 15.3. The summed E-state index contributed by atoms with van der Waals surface area (Å²) in [5.74, 6) is 0.505. The summed E-state index contributed by atoms with van der Waals surface area (Å²) in [6.07, 6.45) is 3.07. The highest BCUT2D eigenvalue weighted by molar-refractivity contribution is 7.89. The molecule has 2 rings (SSSR count). The second kappa shape index (κ2) is 7.38. The molecule has 1 aliphatic rings.